The first-order chi connectivity index (χ1) is 11.3. The van der Waals surface area contributed by atoms with Crippen LogP contribution in [0.4, 0.5) is 18.9 Å². The van der Waals surface area contributed by atoms with Gasteiger partial charge in [-0.2, -0.15) is 13.2 Å². The lowest BCUT2D eigenvalue weighted by molar-refractivity contribution is -0.136. The molecule has 2 aromatic rings. The maximum atomic E-state index is 13.2. The quantitative estimate of drug-likeness (QED) is 0.666. The molecule has 1 aromatic heterocycles. The van der Waals surface area contributed by atoms with Gasteiger partial charge in [-0.05, 0) is 54.7 Å². The Labute approximate surface area is 152 Å². The molecule has 0 saturated heterocycles. The first kappa shape index (κ1) is 17.5. The number of alkyl halides is 3. The van der Waals surface area contributed by atoms with E-state index in [0.29, 0.717) is 11.7 Å². The van der Waals surface area contributed by atoms with E-state index in [1.807, 2.05) is 22.4 Å². The van der Waals surface area contributed by atoms with Crippen molar-refractivity contribution in [3.63, 3.8) is 0 Å². The molecule has 1 aromatic carbocycles. The number of nitrogens with zero attached hydrogens (tertiary/aromatic N) is 1. The molecule has 128 valence electrons. The summed E-state index contributed by atoms with van der Waals surface area (Å²) in [5.74, 6) is 0. The van der Waals surface area contributed by atoms with Crippen molar-refractivity contribution in [2.75, 3.05) is 5.32 Å². The molecule has 1 heterocycles. The van der Waals surface area contributed by atoms with Crippen LogP contribution in [0.25, 0.3) is 0 Å². The van der Waals surface area contributed by atoms with E-state index in [9.17, 15) is 13.2 Å². The summed E-state index contributed by atoms with van der Waals surface area (Å²) in [4.78, 5) is 3.08. The molecule has 0 aliphatic heterocycles. The highest BCUT2D eigenvalue weighted by Crippen LogP contribution is 2.37. The van der Waals surface area contributed by atoms with Crippen molar-refractivity contribution in [1.29, 1.82) is 0 Å². The fourth-order valence-corrected chi connectivity index (χ4v) is 3.57. The van der Waals surface area contributed by atoms with Gasteiger partial charge in [0.1, 0.15) is 0 Å². The van der Waals surface area contributed by atoms with Crippen LogP contribution in [0, 0.1) is 0 Å². The van der Waals surface area contributed by atoms with Crippen molar-refractivity contribution in [3.05, 3.63) is 51.2 Å². The van der Waals surface area contributed by atoms with E-state index in [0.717, 1.165) is 23.8 Å². The number of hydrogen-bond acceptors (Lipinski definition) is 2. The van der Waals surface area contributed by atoms with Crippen molar-refractivity contribution in [3.8, 4) is 0 Å². The van der Waals surface area contributed by atoms with Crippen molar-refractivity contribution in [1.82, 2.24) is 4.90 Å². The lowest BCUT2D eigenvalue weighted by Crippen LogP contribution is -2.36. The van der Waals surface area contributed by atoms with Gasteiger partial charge in [0, 0.05) is 15.9 Å². The maximum Gasteiger partial charge on any atom is 0.418 e. The largest absolute Gasteiger partial charge is 0.418 e. The van der Waals surface area contributed by atoms with E-state index in [1.54, 1.807) is 11.3 Å². The predicted molar refractivity (Wildman–Crippen MR) is 95.6 cm³/mol. The Bertz CT molecular complexity index is 727. The minimum absolute atomic E-state index is 0.0384. The number of rotatable bonds is 4. The molecule has 1 N–H and O–H groups in total. The maximum absolute atomic E-state index is 13.2. The van der Waals surface area contributed by atoms with Crippen LogP contribution in [0.15, 0.2) is 35.7 Å². The zero-order valence-electron chi connectivity index (χ0n) is 12.4. The molecule has 0 unspecified atom stereocenters. The Morgan fingerprint density at radius 1 is 1.33 bits per heavy atom. The normalized spacial score (nSPS) is 14.5. The molecule has 0 amide bonds. The van der Waals surface area contributed by atoms with Crippen molar-refractivity contribution < 1.29 is 13.2 Å². The third kappa shape index (κ3) is 4.20. The van der Waals surface area contributed by atoms with Gasteiger partial charge < -0.3 is 10.2 Å². The van der Waals surface area contributed by atoms with Crippen LogP contribution in [0.1, 0.15) is 23.3 Å². The van der Waals surface area contributed by atoms with E-state index in [4.69, 9.17) is 23.8 Å². The lowest BCUT2D eigenvalue weighted by Gasteiger charge is -2.26. The Kier molecular flexibility index (Phi) is 5.03. The van der Waals surface area contributed by atoms with Gasteiger partial charge in [-0.25, -0.2) is 0 Å². The molecule has 0 atom stereocenters. The summed E-state index contributed by atoms with van der Waals surface area (Å²) in [6.45, 7) is 0.600. The molecule has 2 nitrogen and oxygen atoms in total. The van der Waals surface area contributed by atoms with E-state index in [-0.39, 0.29) is 16.8 Å². The van der Waals surface area contributed by atoms with Gasteiger partial charge in [-0.15, -0.1) is 11.3 Å². The number of thiophene rings is 1. The van der Waals surface area contributed by atoms with Gasteiger partial charge in [-0.1, -0.05) is 17.7 Å². The fraction of sp³-hybridized carbons (Fsp3) is 0.312. The third-order valence-electron chi connectivity index (χ3n) is 3.68. The molecular formula is C16H14ClF3N2S2. The molecule has 0 spiro atoms. The SMILES string of the molecule is FC(F)(F)c1cc(Cl)ccc1NC(=S)N(Cc1cccs1)C1CC1. The average molecular weight is 391 g/mol. The second-order valence-electron chi connectivity index (χ2n) is 5.56. The molecule has 3 rings (SSSR count). The molecule has 24 heavy (non-hydrogen) atoms. The highest BCUT2D eigenvalue weighted by atomic mass is 35.5. The van der Waals surface area contributed by atoms with Crippen molar-refractivity contribution >= 4 is 46.0 Å². The minimum Gasteiger partial charge on any atom is -0.341 e. The van der Waals surface area contributed by atoms with Crippen LogP contribution in [0.5, 0.6) is 0 Å². The summed E-state index contributed by atoms with van der Waals surface area (Å²) >= 11 is 12.7. The molecule has 1 aliphatic carbocycles. The number of benzene rings is 1. The summed E-state index contributed by atoms with van der Waals surface area (Å²) in [6.07, 6.45) is -2.50. The monoisotopic (exact) mass is 390 g/mol. The zero-order valence-corrected chi connectivity index (χ0v) is 14.8. The standard InChI is InChI=1S/C16H14ClF3N2S2/c17-10-3-6-14(13(8-10)16(18,19)20)21-15(23)22(11-4-5-11)9-12-2-1-7-24-12/h1-3,6-8,11H,4-5,9H2,(H,21,23). The first-order valence-corrected chi connectivity index (χ1v) is 8.98. The van der Waals surface area contributed by atoms with Gasteiger partial charge in [0.2, 0.25) is 0 Å². The van der Waals surface area contributed by atoms with Crippen LogP contribution >= 0.6 is 35.2 Å². The number of anilines is 1. The molecule has 8 heteroatoms. The van der Waals surface area contributed by atoms with Gasteiger partial charge in [0.25, 0.3) is 0 Å². The predicted octanol–water partition coefficient (Wildman–Crippen LogP) is 5.78. The molecule has 1 aliphatic rings. The second kappa shape index (κ2) is 6.90. The number of halogens is 4. The van der Waals surface area contributed by atoms with E-state index >= 15 is 0 Å². The lowest BCUT2D eigenvalue weighted by atomic mass is 10.1. The number of hydrogen-bond donors (Lipinski definition) is 1. The van der Waals surface area contributed by atoms with Crippen molar-refractivity contribution in [2.24, 2.45) is 0 Å². The van der Waals surface area contributed by atoms with Crippen LogP contribution in [-0.4, -0.2) is 16.1 Å². The van der Waals surface area contributed by atoms with Crippen LogP contribution in [0.2, 0.25) is 5.02 Å². The molecule has 1 fully saturated rings. The van der Waals surface area contributed by atoms with Gasteiger partial charge in [-0.3, -0.25) is 0 Å². The summed E-state index contributed by atoms with van der Waals surface area (Å²) < 4.78 is 39.6. The molecule has 1 saturated carbocycles. The smallest absolute Gasteiger partial charge is 0.341 e. The Morgan fingerprint density at radius 2 is 2.08 bits per heavy atom. The summed E-state index contributed by atoms with van der Waals surface area (Å²) in [7, 11) is 0. The van der Waals surface area contributed by atoms with Crippen LogP contribution in [0.3, 0.4) is 0 Å². The summed E-state index contributed by atoms with van der Waals surface area (Å²) in [6, 6.07) is 7.87. The summed E-state index contributed by atoms with van der Waals surface area (Å²) in [5, 5.41) is 5.07. The Hall–Kier alpha value is -1.31. The van der Waals surface area contributed by atoms with E-state index < -0.39 is 11.7 Å². The van der Waals surface area contributed by atoms with E-state index in [2.05, 4.69) is 5.32 Å². The molecular weight excluding hydrogens is 377 g/mol. The number of thiocarbonyl (C=S) groups is 1. The Balaban J connectivity index is 1.80. The van der Waals surface area contributed by atoms with Crippen LogP contribution in [-0.2, 0) is 12.7 Å². The topological polar surface area (TPSA) is 15.3 Å². The highest BCUT2D eigenvalue weighted by Gasteiger charge is 2.35. The minimum atomic E-state index is -4.50. The second-order valence-corrected chi connectivity index (χ2v) is 7.41. The van der Waals surface area contributed by atoms with E-state index in [1.165, 1.54) is 12.1 Å². The fourth-order valence-electron chi connectivity index (χ4n) is 2.37. The Morgan fingerprint density at radius 3 is 2.67 bits per heavy atom. The zero-order chi connectivity index (χ0) is 17.3. The van der Waals surface area contributed by atoms with Crippen LogP contribution < -0.4 is 5.32 Å². The van der Waals surface area contributed by atoms with Crippen molar-refractivity contribution in [2.45, 2.75) is 31.6 Å². The average Bonchev–Trinajstić information content (AvgIpc) is 3.21. The molecule has 0 radical (unpaired) electrons. The molecule has 0 bridgehead atoms. The summed E-state index contributed by atoms with van der Waals surface area (Å²) in [5.41, 5.74) is -0.891. The van der Waals surface area contributed by atoms with Gasteiger partial charge >= 0.3 is 6.18 Å². The third-order valence-corrected chi connectivity index (χ3v) is 5.12. The number of nitrogens with one attached hydrogen (secondary N) is 1. The highest BCUT2D eigenvalue weighted by molar-refractivity contribution is 7.80. The van der Waals surface area contributed by atoms with Gasteiger partial charge in [0.05, 0.1) is 17.8 Å². The van der Waals surface area contributed by atoms with Gasteiger partial charge in [0.15, 0.2) is 5.11 Å². The first-order valence-electron chi connectivity index (χ1n) is 7.31.